The average Bonchev–Trinajstić information content (AvgIpc) is 3.06. The highest BCUT2D eigenvalue weighted by Crippen LogP contribution is 2.25. The molecule has 0 radical (unpaired) electrons. The standard InChI is InChI=1S/C38H46F2O7/c1-4-6-8-10-11-12-14-26-44-33-25-24-32(34(39)35(33)40)38(43)47-31-22-18-29(19-23-31)37(42)46-30-20-16-28(17-21-30)36(41)45-27(3)15-13-9-7-5-2/h16-25,27H,4-15,26H2,1-3H3. The van der Waals surface area contributed by atoms with Gasteiger partial charge in [0.2, 0.25) is 5.82 Å². The summed E-state index contributed by atoms with van der Waals surface area (Å²) in [4.78, 5) is 37.6. The van der Waals surface area contributed by atoms with Gasteiger partial charge in [-0.25, -0.2) is 18.8 Å². The first kappa shape index (κ1) is 37.2. The fourth-order valence-corrected chi connectivity index (χ4v) is 4.86. The smallest absolute Gasteiger partial charge is 0.346 e. The maximum atomic E-state index is 14.7. The fraction of sp³-hybridized carbons (Fsp3) is 0.447. The molecule has 0 N–H and O–H groups in total. The highest BCUT2D eigenvalue weighted by molar-refractivity contribution is 5.93. The van der Waals surface area contributed by atoms with Crippen molar-refractivity contribution in [2.75, 3.05) is 6.61 Å². The lowest BCUT2D eigenvalue weighted by atomic mass is 10.1. The van der Waals surface area contributed by atoms with Crippen molar-refractivity contribution in [2.45, 2.75) is 104 Å². The Kier molecular flexibility index (Phi) is 15.9. The van der Waals surface area contributed by atoms with Crippen LogP contribution in [-0.4, -0.2) is 30.6 Å². The van der Waals surface area contributed by atoms with E-state index in [0.29, 0.717) is 5.56 Å². The Hall–Kier alpha value is -4.27. The monoisotopic (exact) mass is 652 g/mol. The highest BCUT2D eigenvalue weighted by Gasteiger charge is 2.22. The second-order valence-electron chi connectivity index (χ2n) is 11.6. The summed E-state index contributed by atoms with van der Waals surface area (Å²) in [5.74, 6) is -4.85. The van der Waals surface area contributed by atoms with Crippen molar-refractivity contribution in [1.82, 2.24) is 0 Å². The summed E-state index contributed by atoms with van der Waals surface area (Å²) in [5.41, 5.74) is -0.0775. The topological polar surface area (TPSA) is 88.1 Å². The number of benzene rings is 3. The lowest BCUT2D eigenvalue weighted by Gasteiger charge is -2.13. The van der Waals surface area contributed by atoms with Crippen molar-refractivity contribution < 1.29 is 42.1 Å². The molecule has 0 heterocycles. The molecule has 47 heavy (non-hydrogen) atoms. The van der Waals surface area contributed by atoms with E-state index in [4.69, 9.17) is 18.9 Å². The number of carbonyl (C=O) groups is 3. The minimum atomic E-state index is -1.36. The van der Waals surface area contributed by atoms with E-state index in [9.17, 15) is 23.2 Å². The summed E-state index contributed by atoms with van der Waals surface area (Å²) in [7, 11) is 0. The van der Waals surface area contributed by atoms with Crippen molar-refractivity contribution in [3.63, 3.8) is 0 Å². The van der Waals surface area contributed by atoms with Gasteiger partial charge in [-0.3, -0.25) is 0 Å². The van der Waals surface area contributed by atoms with Gasteiger partial charge in [0.05, 0.1) is 29.4 Å². The zero-order chi connectivity index (χ0) is 34.0. The minimum absolute atomic E-state index is 0.0214. The first-order valence-electron chi connectivity index (χ1n) is 16.7. The third-order valence-electron chi connectivity index (χ3n) is 7.65. The van der Waals surface area contributed by atoms with Crippen molar-refractivity contribution in [3.05, 3.63) is 89.0 Å². The second kappa shape index (κ2) is 20.1. The van der Waals surface area contributed by atoms with Gasteiger partial charge in [0.25, 0.3) is 0 Å². The molecule has 0 saturated carbocycles. The molecule has 3 aromatic rings. The molecule has 1 unspecified atom stereocenters. The minimum Gasteiger partial charge on any atom is -0.490 e. The summed E-state index contributed by atoms with van der Waals surface area (Å²) in [6, 6.07) is 13.8. The van der Waals surface area contributed by atoms with Crippen LogP contribution in [0.1, 0.15) is 129 Å². The van der Waals surface area contributed by atoms with Gasteiger partial charge in [0, 0.05) is 0 Å². The lowest BCUT2D eigenvalue weighted by molar-refractivity contribution is 0.0319. The Bertz CT molecular complexity index is 1420. The second-order valence-corrected chi connectivity index (χ2v) is 11.6. The van der Waals surface area contributed by atoms with Crippen LogP contribution in [0, 0.1) is 11.6 Å². The summed E-state index contributed by atoms with van der Waals surface area (Å²) in [6.45, 7) is 6.42. The van der Waals surface area contributed by atoms with Gasteiger partial charge < -0.3 is 18.9 Å². The summed E-state index contributed by atoms with van der Waals surface area (Å²) in [6.07, 6.45) is 12.5. The molecule has 7 nitrogen and oxygen atoms in total. The zero-order valence-corrected chi connectivity index (χ0v) is 27.7. The molecule has 0 aromatic heterocycles. The lowest BCUT2D eigenvalue weighted by Crippen LogP contribution is -2.15. The van der Waals surface area contributed by atoms with E-state index in [-0.39, 0.29) is 35.5 Å². The molecule has 0 spiro atoms. The van der Waals surface area contributed by atoms with Crippen LogP contribution in [0.4, 0.5) is 8.78 Å². The molecule has 1 atom stereocenters. The highest BCUT2D eigenvalue weighted by atomic mass is 19.2. The predicted molar refractivity (Wildman–Crippen MR) is 176 cm³/mol. The van der Waals surface area contributed by atoms with Gasteiger partial charge in [0.15, 0.2) is 11.6 Å². The van der Waals surface area contributed by atoms with Crippen molar-refractivity contribution in [3.8, 4) is 17.2 Å². The van der Waals surface area contributed by atoms with Crippen LogP contribution in [0.2, 0.25) is 0 Å². The van der Waals surface area contributed by atoms with E-state index in [1.807, 2.05) is 6.92 Å². The van der Waals surface area contributed by atoms with Crippen LogP contribution in [0.3, 0.4) is 0 Å². The number of ether oxygens (including phenoxy) is 4. The van der Waals surface area contributed by atoms with Gasteiger partial charge in [-0.15, -0.1) is 0 Å². The first-order chi connectivity index (χ1) is 22.7. The first-order valence-corrected chi connectivity index (χ1v) is 16.7. The van der Waals surface area contributed by atoms with Gasteiger partial charge in [0.1, 0.15) is 11.5 Å². The van der Waals surface area contributed by atoms with Gasteiger partial charge in [-0.1, -0.05) is 71.6 Å². The molecule has 3 rings (SSSR count). The molecule has 3 aromatic carbocycles. The van der Waals surface area contributed by atoms with E-state index in [1.54, 1.807) is 0 Å². The van der Waals surface area contributed by atoms with E-state index in [1.165, 1.54) is 73.9 Å². The fourth-order valence-electron chi connectivity index (χ4n) is 4.86. The molecular formula is C38H46F2O7. The number of hydrogen-bond acceptors (Lipinski definition) is 7. The third-order valence-corrected chi connectivity index (χ3v) is 7.65. The van der Waals surface area contributed by atoms with E-state index in [0.717, 1.165) is 63.9 Å². The van der Waals surface area contributed by atoms with Crippen molar-refractivity contribution in [1.29, 1.82) is 0 Å². The molecule has 0 aliphatic heterocycles. The Morgan fingerprint density at radius 1 is 0.596 bits per heavy atom. The molecule has 0 aliphatic carbocycles. The van der Waals surface area contributed by atoms with Crippen LogP contribution >= 0.6 is 0 Å². The van der Waals surface area contributed by atoms with Gasteiger partial charge in [-0.2, -0.15) is 4.39 Å². The SMILES string of the molecule is CCCCCCCCCOc1ccc(C(=O)Oc2ccc(C(=O)Oc3ccc(C(=O)OC(C)CCCCCC)cc3)cc2)c(F)c1F. The van der Waals surface area contributed by atoms with Gasteiger partial charge in [-0.05, 0) is 86.8 Å². The summed E-state index contributed by atoms with van der Waals surface area (Å²) in [5, 5.41) is 0. The average molecular weight is 653 g/mol. The van der Waals surface area contributed by atoms with Crippen molar-refractivity contribution in [2.24, 2.45) is 0 Å². The number of carbonyl (C=O) groups excluding carboxylic acids is 3. The van der Waals surface area contributed by atoms with Gasteiger partial charge >= 0.3 is 17.9 Å². The van der Waals surface area contributed by atoms with Crippen LogP contribution in [0.15, 0.2) is 60.7 Å². The van der Waals surface area contributed by atoms with E-state index < -0.39 is 35.1 Å². The molecule has 0 saturated heterocycles. The third kappa shape index (κ3) is 12.5. The van der Waals surface area contributed by atoms with Crippen LogP contribution in [-0.2, 0) is 4.74 Å². The van der Waals surface area contributed by atoms with E-state index >= 15 is 0 Å². The number of hydrogen-bond donors (Lipinski definition) is 0. The quantitative estimate of drug-likeness (QED) is 0.0682. The maximum Gasteiger partial charge on any atom is 0.346 e. The molecule has 0 fully saturated rings. The number of esters is 3. The van der Waals surface area contributed by atoms with Crippen LogP contribution in [0.5, 0.6) is 17.2 Å². The summed E-state index contributed by atoms with van der Waals surface area (Å²) < 4.78 is 50.7. The molecule has 254 valence electrons. The van der Waals surface area contributed by atoms with Crippen LogP contribution < -0.4 is 14.2 Å². The molecular weight excluding hydrogens is 606 g/mol. The molecule has 0 amide bonds. The number of halogens is 2. The Morgan fingerprint density at radius 2 is 1.11 bits per heavy atom. The Morgan fingerprint density at radius 3 is 1.70 bits per heavy atom. The number of unbranched alkanes of at least 4 members (excludes halogenated alkanes) is 9. The Labute approximate surface area is 276 Å². The molecule has 0 bridgehead atoms. The predicted octanol–water partition coefficient (Wildman–Crippen LogP) is 10.0. The normalized spacial score (nSPS) is 11.5. The van der Waals surface area contributed by atoms with E-state index in [2.05, 4.69) is 13.8 Å². The number of rotatable bonds is 20. The largest absolute Gasteiger partial charge is 0.490 e. The molecule has 9 heteroatoms. The Balaban J connectivity index is 1.47. The molecule has 0 aliphatic rings. The van der Waals surface area contributed by atoms with Crippen LogP contribution in [0.25, 0.3) is 0 Å². The summed E-state index contributed by atoms with van der Waals surface area (Å²) >= 11 is 0. The maximum absolute atomic E-state index is 14.7. The zero-order valence-electron chi connectivity index (χ0n) is 27.7. The van der Waals surface area contributed by atoms with Crippen molar-refractivity contribution >= 4 is 17.9 Å².